The molecule has 0 aromatic carbocycles. The van der Waals surface area contributed by atoms with Crippen LogP contribution < -0.4 is 10.9 Å². The van der Waals surface area contributed by atoms with Gasteiger partial charge in [0.1, 0.15) is 17.9 Å². The van der Waals surface area contributed by atoms with Crippen LogP contribution in [0.4, 0.5) is 0 Å². The van der Waals surface area contributed by atoms with Crippen LogP contribution in [-0.4, -0.2) is 51.2 Å². The molecular formula is C21H29N5O2S. The van der Waals surface area contributed by atoms with E-state index in [4.69, 9.17) is 0 Å². The first-order valence-corrected chi connectivity index (χ1v) is 11.3. The maximum absolute atomic E-state index is 12.8. The van der Waals surface area contributed by atoms with Gasteiger partial charge >= 0.3 is 0 Å². The number of likely N-dealkylation sites (tertiary alicyclic amines) is 1. The lowest BCUT2D eigenvalue weighted by atomic mass is 9.92. The Morgan fingerprint density at radius 1 is 1.28 bits per heavy atom. The Morgan fingerprint density at radius 3 is 2.79 bits per heavy atom. The molecule has 0 saturated carbocycles. The summed E-state index contributed by atoms with van der Waals surface area (Å²) < 4.78 is 4.19. The van der Waals surface area contributed by atoms with Crippen LogP contribution in [0.15, 0.2) is 22.3 Å². The molecule has 0 radical (unpaired) electrons. The SMILES string of the molecule is Cc1nn(CC(=O)NCCCN2C[C@H](C)C[C@@H](C)C2)c(=O)c2cc3sccc3n12. The highest BCUT2D eigenvalue weighted by molar-refractivity contribution is 7.17. The van der Waals surface area contributed by atoms with Crippen molar-refractivity contribution in [3.05, 3.63) is 33.7 Å². The van der Waals surface area contributed by atoms with Crippen LogP contribution in [0.3, 0.4) is 0 Å². The molecule has 3 aromatic heterocycles. The summed E-state index contributed by atoms with van der Waals surface area (Å²) in [5, 5.41) is 9.30. The maximum atomic E-state index is 12.8. The highest BCUT2D eigenvalue weighted by atomic mass is 32.1. The Labute approximate surface area is 174 Å². The van der Waals surface area contributed by atoms with Gasteiger partial charge in [0.05, 0.1) is 10.2 Å². The zero-order valence-corrected chi connectivity index (χ0v) is 18.2. The van der Waals surface area contributed by atoms with Gasteiger partial charge in [-0.15, -0.1) is 11.3 Å². The van der Waals surface area contributed by atoms with E-state index >= 15 is 0 Å². The molecular weight excluding hydrogens is 386 g/mol. The molecule has 1 aliphatic rings. The predicted molar refractivity (Wildman–Crippen MR) is 117 cm³/mol. The summed E-state index contributed by atoms with van der Waals surface area (Å²) in [5.41, 5.74) is 1.33. The first kappa shape index (κ1) is 20.1. The number of hydrogen-bond acceptors (Lipinski definition) is 5. The van der Waals surface area contributed by atoms with E-state index in [2.05, 4.69) is 29.2 Å². The van der Waals surface area contributed by atoms with E-state index in [1.807, 2.05) is 28.8 Å². The minimum atomic E-state index is -0.231. The van der Waals surface area contributed by atoms with Crippen molar-refractivity contribution in [3.63, 3.8) is 0 Å². The molecule has 0 spiro atoms. The highest BCUT2D eigenvalue weighted by Gasteiger charge is 2.21. The zero-order chi connectivity index (χ0) is 20.5. The van der Waals surface area contributed by atoms with Crippen LogP contribution in [0.25, 0.3) is 15.7 Å². The van der Waals surface area contributed by atoms with Gasteiger partial charge in [0.2, 0.25) is 5.91 Å². The third-order valence-corrected chi connectivity index (χ3v) is 6.53. The summed E-state index contributed by atoms with van der Waals surface area (Å²) in [7, 11) is 0. The first-order chi connectivity index (χ1) is 13.9. The molecule has 4 heterocycles. The van der Waals surface area contributed by atoms with Gasteiger partial charge in [0, 0.05) is 19.6 Å². The van der Waals surface area contributed by atoms with Crippen molar-refractivity contribution in [2.45, 2.75) is 40.2 Å². The van der Waals surface area contributed by atoms with Crippen LogP contribution >= 0.6 is 11.3 Å². The summed E-state index contributed by atoms with van der Waals surface area (Å²) in [4.78, 5) is 27.6. The number of hydrogen-bond donors (Lipinski definition) is 1. The fraction of sp³-hybridized carbons (Fsp3) is 0.571. The molecule has 29 heavy (non-hydrogen) atoms. The third kappa shape index (κ3) is 4.23. The van der Waals surface area contributed by atoms with Gasteiger partial charge in [0.15, 0.2) is 0 Å². The molecule has 1 N–H and O–H groups in total. The zero-order valence-electron chi connectivity index (χ0n) is 17.4. The highest BCUT2D eigenvalue weighted by Crippen LogP contribution is 2.24. The first-order valence-electron chi connectivity index (χ1n) is 10.4. The molecule has 4 rings (SSSR count). The Kier molecular flexibility index (Phi) is 5.74. The van der Waals surface area contributed by atoms with Gasteiger partial charge in [-0.2, -0.15) is 5.10 Å². The standard InChI is InChI=1S/C21H29N5O2S/c1-14-9-15(2)12-24(11-14)7-4-6-22-20(27)13-25-21(28)18-10-19-17(5-8-29-19)26(18)16(3)23-25/h5,8,10,14-15H,4,6-7,9,11-13H2,1-3H3,(H,22,27)/t14-,15-/m1/s1. The van der Waals surface area contributed by atoms with E-state index in [9.17, 15) is 9.59 Å². The fourth-order valence-corrected chi connectivity index (χ4v) is 5.44. The lowest BCUT2D eigenvalue weighted by Gasteiger charge is -2.34. The molecule has 3 aromatic rings. The number of amides is 1. The van der Waals surface area contributed by atoms with E-state index in [0.29, 0.717) is 17.9 Å². The number of nitrogens with one attached hydrogen (secondary N) is 1. The van der Waals surface area contributed by atoms with Crippen LogP contribution in [0.2, 0.25) is 0 Å². The van der Waals surface area contributed by atoms with Crippen LogP contribution in [0.5, 0.6) is 0 Å². The molecule has 1 amide bonds. The largest absolute Gasteiger partial charge is 0.354 e. The van der Waals surface area contributed by atoms with Crippen molar-refractivity contribution < 1.29 is 4.79 Å². The number of piperidine rings is 1. The van der Waals surface area contributed by atoms with E-state index < -0.39 is 0 Å². The molecule has 8 heteroatoms. The topological polar surface area (TPSA) is 71.6 Å². The molecule has 0 bridgehead atoms. The van der Waals surface area contributed by atoms with Crippen molar-refractivity contribution in [1.29, 1.82) is 0 Å². The quantitative estimate of drug-likeness (QED) is 0.628. The number of fused-ring (bicyclic) bond motifs is 3. The van der Waals surface area contributed by atoms with Gasteiger partial charge < -0.3 is 10.2 Å². The van der Waals surface area contributed by atoms with E-state index in [1.165, 1.54) is 11.1 Å². The van der Waals surface area contributed by atoms with Gasteiger partial charge in [0.25, 0.3) is 5.56 Å². The second-order valence-electron chi connectivity index (χ2n) is 8.45. The number of thiophene rings is 1. The predicted octanol–water partition coefficient (Wildman–Crippen LogP) is 2.50. The van der Waals surface area contributed by atoms with Gasteiger partial charge in [-0.05, 0) is 55.7 Å². The summed E-state index contributed by atoms with van der Waals surface area (Å²) >= 11 is 1.60. The van der Waals surface area contributed by atoms with E-state index in [-0.39, 0.29) is 18.0 Å². The van der Waals surface area contributed by atoms with Gasteiger partial charge in [-0.1, -0.05) is 13.8 Å². The summed E-state index contributed by atoms with van der Waals surface area (Å²) in [6.45, 7) is 10.3. The normalized spacial score (nSPS) is 20.5. The minimum Gasteiger partial charge on any atom is -0.354 e. The van der Waals surface area contributed by atoms with Crippen molar-refractivity contribution in [1.82, 2.24) is 24.4 Å². The Morgan fingerprint density at radius 2 is 2.03 bits per heavy atom. The maximum Gasteiger partial charge on any atom is 0.291 e. The number of carbonyl (C=O) groups excluding carboxylic acids is 1. The van der Waals surface area contributed by atoms with Gasteiger partial charge in [-0.3, -0.25) is 14.0 Å². The molecule has 7 nitrogen and oxygen atoms in total. The lowest BCUT2D eigenvalue weighted by molar-refractivity contribution is -0.121. The van der Waals surface area contributed by atoms with Crippen LogP contribution in [0, 0.1) is 18.8 Å². The molecule has 1 aliphatic heterocycles. The van der Waals surface area contributed by atoms with Crippen molar-refractivity contribution in [3.8, 4) is 0 Å². The monoisotopic (exact) mass is 415 g/mol. The second kappa shape index (κ2) is 8.28. The Bertz CT molecular complexity index is 1070. The van der Waals surface area contributed by atoms with Crippen LogP contribution in [-0.2, 0) is 11.3 Å². The van der Waals surface area contributed by atoms with Gasteiger partial charge in [-0.25, -0.2) is 4.68 Å². The van der Waals surface area contributed by atoms with E-state index in [1.54, 1.807) is 11.3 Å². The Balaban J connectivity index is 1.34. The third-order valence-electron chi connectivity index (χ3n) is 5.68. The molecule has 1 fully saturated rings. The number of aryl methyl sites for hydroxylation is 1. The summed E-state index contributed by atoms with van der Waals surface area (Å²) in [6, 6.07) is 3.87. The smallest absolute Gasteiger partial charge is 0.291 e. The molecule has 2 atom stereocenters. The average molecular weight is 416 g/mol. The number of aromatic nitrogens is 3. The summed E-state index contributed by atoms with van der Waals surface area (Å²) in [5.74, 6) is 2.02. The average Bonchev–Trinajstić information content (AvgIpc) is 3.23. The number of nitrogens with zero attached hydrogens (tertiary/aromatic N) is 4. The van der Waals surface area contributed by atoms with Crippen molar-refractivity contribution >= 4 is 33.0 Å². The second-order valence-corrected chi connectivity index (χ2v) is 9.40. The summed E-state index contributed by atoms with van der Waals surface area (Å²) in [6.07, 6.45) is 2.22. The Hall–Kier alpha value is -2.19. The lowest BCUT2D eigenvalue weighted by Crippen LogP contribution is -2.40. The molecule has 0 aliphatic carbocycles. The minimum absolute atomic E-state index is 0.0488. The fourth-order valence-electron chi connectivity index (χ4n) is 4.63. The molecule has 1 saturated heterocycles. The van der Waals surface area contributed by atoms with Crippen molar-refractivity contribution in [2.75, 3.05) is 26.2 Å². The molecule has 0 unspecified atom stereocenters. The van der Waals surface area contributed by atoms with Crippen molar-refractivity contribution in [2.24, 2.45) is 11.8 Å². The van der Waals surface area contributed by atoms with Crippen LogP contribution in [0.1, 0.15) is 32.5 Å². The van der Waals surface area contributed by atoms with E-state index in [0.717, 1.165) is 48.1 Å². The molecule has 156 valence electrons. The number of rotatable bonds is 6. The number of carbonyl (C=O) groups is 1.